The highest BCUT2D eigenvalue weighted by Crippen LogP contribution is 2.48. The van der Waals surface area contributed by atoms with Gasteiger partial charge >= 0.3 is 0 Å². The number of nitrogens with one attached hydrogen (secondary N) is 2. The van der Waals surface area contributed by atoms with E-state index in [1.165, 1.54) is 111 Å². The lowest BCUT2D eigenvalue weighted by atomic mass is 9.71. The van der Waals surface area contributed by atoms with Crippen LogP contribution in [0.1, 0.15) is 198 Å². The van der Waals surface area contributed by atoms with Gasteiger partial charge in [-0.05, 0) is 255 Å². The lowest BCUT2D eigenvalue weighted by Crippen LogP contribution is -2.44. The van der Waals surface area contributed by atoms with Crippen LogP contribution < -0.4 is 50.8 Å². The Labute approximate surface area is 765 Å². The molecule has 0 bridgehead atoms. The van der Waals surface area contributed by atoms with Crippen LogP contribution in [0.2, 0.25) is 0 Å². The second kappa shape index (κ2) is 45.7. The van der Waals surface area contributed by atoms with Crippen molar-refractivity contribution in [2.75, 3.05) is 6.67 Å². The molecule has 16 unspecified atom stereocenters. The van der Waals surface area contributed by atoms with Crippen LogP contribution in [0.3, 0.4) is 0 Å². The Morgan fingerprint density at radius 3 is 0.583 bits per heavy atom. The molecule has 39 nitrogen and oxygen atoms in total. The molecule has 0 aliphatic carbocycles. The first-order valence-electron chi connectivity index (χ1n) is 41.2. The van der Waals surface area contributed by atoms with Crippen LogP contribution in [-0.4, -0.2) is 151 Å². The molecule has 16 atom stereocenters. The van der Waals surface area contributed by atoms with Crippen molar-refractivity contribution < 1.29 is 134 Å². The van der Waals surface area contributed by atoms with Crippen molar-refractivity contribution in [1.29, 1.82) is 0 Å². The molecule has 132 heavy (non-hydrogen) atoms. The molecule has 0 aliphatic heterocycles. The Hall–Kier alpha value is -10.9. The molecule has 0 saturated heterocycles. The molecule has 7 aromatic carbocycles. The van der Waals surface area contributed by atoms with E-state index in [4.69, 9.17) is 40.1 Å². The predicted octanol–water partition coefficient (Wildman–Crippen LogP) is 6.87. The van der Waals surface area contributed by atoms with E-state index in [1.54, 1.807) is 13.8 Å². The SMILES string of the molecule is CC(CC(CC(CC(CC(CC(CC(CC(C)C(N)=O)C(N)=O)C(=O)NCNC(=O)C(CC(C)c1ccc(S(=O)(=O)O)cc1)CC(CC(CC(CC(CC(CC(C)c1ccc(S(=O)(=O)O)cc1)c1ccc(S(=O)(=O)O)cc1)c1ccc(S(=O)(=O)O)cc1)c1ccc(S(=O)(=O)O)cc1)c1ccc(S(=O)(=O)O)cc1)c1ccc(S(=O)(=O)O)cc1)C(N)=O)C(N)=O)C(N)=O)C(N)=O)C(N)=O. The lowest BCUT2D eigenvalue weighted by Gasteiger charge is -2.33. The molecular weight excluding hydrogens is 1860 g/mol. The maximum absolute atomic E-state index is 15.7. The van der Waals surface area contributed by atoms with Crippen LogP contribution in [0.15, 0.2) is 204 Å². The van der Waals surface area contributed by atoms with Crippen molar-refractivity contribution in [1.82, 2.24) is 10.6 Å². The van der Waals surface area contributed by atoms with Crippen molar-refractivity contribution >= 4 is 124 Å². The second-order valence-electron chi connectivity index (χ2n) is 33.7. The molecular formula is C86H109N9O30S7. The third-order valence-corrected chi connectivity index (χ3v) is 30.3. The van der Waals surface area contributed by atoms with Gasteiger partial charge in [-0.3, -0.25) is 75.0 Å². The molecule has 0 spiro atoms. The normalized spacial score (nSPS) is 16.1. The Kier molecular flexibility index (Phi) is 37.5. The fraction of sp³-hybridized carbons (Fsp3) is 0.407. The van der Waals surface area contributed by atoms with Gasteiger partial charge in [0, 0.05) is 53.3 Å². The van der Waals surface area contributed by atoms with Gasteiger partial charge in [0.15, 0.2) is 0 Å². The van der Waals surface area contributed by atoms with Gasteiger partial charge in [-0.1, -0.05) is 113 Å². The van der Waals surface area contributed by atoms with Crippen LogP contribution in [0.5, 0.6) is 0 Å². The standard InChI is InChI=1S/C86H109N9O30S7/c1-48(52-5-19-71(20-6-52)126(105,106)107)33-59(54-9-23-73(24-10-54)128(111,112)113)37-60(55-11-25-74(26-12-55)129(114,115)116)38-61(56-13-27-75(28-14-56)130(117,118)119)39-62(57-15-29-76(30-16-57)131(120,121)122)40-63(58-17-31-77(32-18-58)132(123,124)125)41-69(34-49(2)53-7-21-72(22-8-53)127(108,109)110)85(103)94-47-95-86(104)70(45-65(81(90)99)36-51(4)79(88)97)46-68(84(93)102)44-67(83(92)101)43-66(82(91)100)42-64(80(89)98)35-50(3)78(87)96/h5-32,48-51,59-70H,33-47H2,1-4H3,(H2,87,96)(H2,88,97)(H2,89,98)(H2,90,99)(H2,91,100)(H2,92,101)(H2,93,102)(H,94,103)(H,95,104)(H,105,106,107)(H,108,109,110)(H,111,112,113)(H,114,115,116)(H,117,118,119)(H,120,121,122)(H,123,124,125). The number of nitrogens with two attached hydrogens (primary N) is 7. The van der Waals surface area contributed by atoms with Gasteiger partial charge in [0.2, 0.25) is 53.2 Å². The molecule has 46 heteroatoms. The summed E-state index contributed by atoms with van der Waals surface area (Å²) >= 11 is 0. The van der Waals surface area contributed by atoms with E-state index in [0.717, 1.165) is 72.8 Å². The van der Waals surface area contributed by atoms with Gasteiger partial charge in [0.05, 0.1) is 40.9 Å². The van der Waals surface area contributed by atoms with Gasteiger partial charge in [-0.2, -0.15) is 58.9 Å². The average Bonchev–Trinajstić information content (AvgIpc) is 0.799. The summed E-state index contributed by atoms with van der Waals surface area (Å²) in [5.74, 6) is -27.0. The molecule has 9 amide bonds. The smallest absolute Gasteiger partial charge is 0.294 e. The Morgan fingerprint density at radius 2 is 0.386 bits per heavy atom. The zero-order chi connectivity index (χ0) is 98.8. The van der Waals surface area contributed by atoms with E-state index >= 15 is 9.59 Å². The number of rotatable bonds is 53. The molecule has 0 fully saturated rings. The van der Waals surface area contributed by atoms with Crippen LogP contribution in [-0.2, 0) is 114 Å². The highest BCUT2D eigenvalue weighted by molar-refractivity contribution is 7.87. The number of hydrogen-bond donors (Lipinski definition) is 16. The molecule has 0 heterocycles. The first-order chi connectivity index (χ1) is 61.1. The van der Waals surface area contributed by atoms with E-state index in [-0.39, 0.29) is 68.9 Å². The highest BCUT2D eigenvalue weighted by Gasteiger charge is 2.39. The summed E-state index contributed by atoms with van der Waals surface area (Å²) in [6.07, 6.45) is -4.36. The fourth-order valence-electron chi connectivity index (χ4n) is 16.8. The van der Waals surface area contributed by atoms with Gasteiger partial charge in [0.1, 0.15) is 0 Å². The Bertz CT molecular complexity index is 6170. The number of carbonyl (C=O) groups is 9. The summed E-state index contributed by atoms with van der Waals surface area (Å²) in [5.41, 5.74) is 42.8. The zero-order valence-electron chi connectivity index (χ0n) is 71.9. The number of primary amides is 7. The Morgan fingerprint density at radius 1 is 0.220 bits per heavy atom. The Balaban J connectivity index is 1.41. The first kappa shape index (κ1) is 108. The lowest BCUT2D eigenvalue weighted by molar-refractivity contribution is -0.130. The fourth-order valence-corrected chi connectivity index (χ4v) is 20.1. The van der Waals surface area contributed by atoms with Crippen molar-refractivity contribution in [2.45, 2.75) is 193 Å². The van der Waals surface area contributed by atoms with Crippen LogP contribution >= 0.6 is 0 Å². The quantitative estimate of drug-likeness (QED) is 0.0136. The van der Waals surface area contributed by atoms with Crippen molar-refractivity contribution in [2.24, 2.45) is 93.4 Å². The summed E-state index contributed by atoms with van der Waals surface area (Å²) in [7, 11) is -34.1. The van der Waals surface area contributed by atoms with E-state index in [0.29, 0.717) is 27.8 Å². The summed E-state index contributed by atoms with van der Waals surface area (Å²) in [6, 6.07) is 34.6. The molecule has 720 valence electrons. The summed E-state index contributed by atoms with van der Waals surface area (Å²) in [6.45, 7) is 5.33. The summed E-state index contributed by atoms with van der Waals surface area (Å²) in [5, 5.41) is 5.26. The molecule has 0 saturated carbocycles. The molecule has 7 aromatic rings. The third-order valence-electron chi connectivity index (χ3n) is 24.2. The maximum atomic E-state index is 15.7. The zero-order valence-corrected chi connectivity index (χ0v) is 77.6. The summed E-state index contributed by atoms with van der Waals surface area (Å²) in [4.78, 5) is 118. The van der Waals surface area contributed by atoms with Crippen molar-refractivity contribution in [3.05, 3.63) is 209 Å². The van der Waals surface area contributed by atoms with E-state index < -0.39 is 292 Å². The molecule has 23 N–H and O–H groups in total. The molecule has 0 aliphatic rings. The first-order valence-corrected chi connectivity index (χ1v) is 51.3. The van der Waals surface area contributed by atoms with Gasteiger partial charge < -0.3 is 50.8 Å². The minimum absolute atomic E-state index is 0.00482. The maximum Gasteiger partial charge on any atom is 0.294 e. The number of carbonyl (C=O) groups excluding carboxylic acids is 9. The van der Waals surface area contributed by atoms with Gasteiger partial charge in [0.25, 0.3) is 70.8 Å². The van der Waals surface area contributed by atoms with Gasteiger partial charge in [-0.15, -0.1) is 0 Å². The topological polar surface area (TPSA) is 740 Å². The van der Waals surface area contributed by atoms with E-state index in [2.05, 4.69) is 10.6 Å². The highest BCUT2D eigenvalue weighted by atomic mass is 32.2. The average molecular weight is 1970 g/mol. The van der Waals surface area contributed by atoms with E-state index in [9.17, 15) is 124 Å². The number of benzene rings is 7. The van der Waals surface area contributed by atoms with Gasteiger partial charge in [-0.25, -0.2) is 0 Å². The van der Waals surface area contributed by atoms with Crippen molar-refractivity contribution in [3.8, 4) is 0 Å². The minimum atomic E-state index is -4.97. The third kappa shape index (κ3) is 32.2. The largest absolute Gasteiger partial charge is 0.369 e. The minimum Gasteiger partial charge on any atom is -0.369 e. The van der Waals surface area contributed by atoms with Crippen molar-refractivity contribution in [3.63, 3.8) is 0 Å². The predicted molar refractivity (Wildman–Crippen MR) is 477 cm³/mol. The van der Waals surface area contributed by atoms with Crippen LogP contribution in [0.4, 0.5) is 0 Å². The second-order valence-corrected chi connectivity index (χ2v) is 43.6. The molecule has 0 aromatic heterocycles. The monoisotopic (exact) mass is 1970 g/mol. The number of amides is 9. The number of hydrogen-bond acceptors (Lipinski definition) is 23. The van der Waals surface area contributed by atoms with Crippen LogP contribution in [0.25, 0.3) is 0 Å². The molecule has 0 radical (unpaired) electrons. The summed E-state index contributed by atoms with van der Waals surface area (Å²) < 4.78 is 248. The van der Waals surface area contributed by atoms with E-state index in [1.807, 2.05) is 0 Å². The van der Waals surface area contributed by atoms with Crippen LogP contribution in [0, 0.1) is 53.3 Å². The molecule has 7 rings (SSSR count).